The van der Waals surface area contributed by atoms with Gasteiger partial charge in [-0.25, -0.2) is 0 Å². The summed E-state index contributed by atoms with van der Waals surface area (Å²) < 4.78 is 10.8. The highest BCUT2D eigenvalue weighted by Crippen LogP contribution is 2.27. The second-order valence-electron chi connectivity index (χ2n) is 5.06. The first-order valence-electron chi connectivity index (χ1n) is 6.97. The molecule has 1 aromatic carbocycles. The summed E-state index contributed by atoms with van der Waals surface area (Å²) in [7, 11) is 1.52. The first-order valence-corrected chi connectivity index (χ1v) is 6.97. The third-order valence-corrected chi connectivity index (χ3v) is 3.45. The number of methoxy groups -OCH3 is 1. The summed E-state index contributed by atoms with van der Waals surface area (Å²) in [6, 6.07) is 7.13. The number of carbonyl (C=O) groups excluding carboxylic acids is 1. The van der Waals surface area contributed by atoms with Crippen LogP contribution in [0.2, 0.25) is 0 Å². The van der Waals surface area contributed by atoms with Crippen molar-refractivity contribution in [1.82, 2.24) is 5.32 Å². The molecule has 118 valence electrons. The number of hydrogen-bond acceptors (Lipinski definition) is 4. The minimum absolute atomic E-state index is 0. The van der Waals surface area contributed by atoms with Gasteiger partial charge in [0.2, 0.25) is 5.91 Å². The molecule has 0 radical (unpaired) electrons. The predicted octanol–water partition coefficient (Wildman–Crippen LogP) is 1.63. The molecule has 0 saturated heterocycles. The van der Waals surface area contributed by atoms with Crippen LogP contribution in [0.15, 0.2) is 24.3 Å². The van der Waals surface area contributed by atoms with Gasteiger partial charge in [-0.05, 0) is 25.3 Å². The fourth-order valence-electron chi connectivity index (χ4n) is 2.00. The largest absolute Gasteiger partial charge is 0.490 e. The van der Waals surface area contributed by atoms with Crippen molar-refractivity contribution in [2.45, 2.75) is 38.0 Å². The van der Waals surface area contributed by atoms with E-state index in [1.54, 1.807) is 0 Å². The summed E-state index contributed by atoms with van der Waals surface area (Å²) in [6.07, 6.45) is 3.77. The maximum atomic E-state index is 11.8. The second kappa shape index (κ2) is 8.87. The van der Waals surface area contributed by atoms with Crippen LogP contribution in [0.25, 0.3) is 0 Å². The summed E-state index contributed by atoms with van der Waals surface area (Å²) in [6.45, 7) is 0.630. The molecule has 5 nitrogen and oxygen atoms in total. The first kappa shape index (κ1) is 17.8. The van der Waals surface area contributed by atoms with E-state index in [9.17, 15) is 4.79 Å². The quantitative estimate of drug-likeness (QED) is 0.802. The van der Waals surface area contributed by atoms with Gasteiger partial charge in [0.1, 0.15) is 11.8 Å². The third kappa shape index (κ3) is 5.19. The zero-order valence-corrected chi connectivity index (χ0v) is 13.0. The van der Waals surface area contributed by atoms with Crippen LogP contribution in [-0.2, 0) is 16.1 Å². The molecule has 1 unspecified atom stereocenters. The number of amides is 1. The van der Waals surface area contributed by atoms with Gasteiger partial charge in [0.25, 0.3) is 0 Å². The maximum absolute atomic E-state index is 11.8. The standard InChI is InChI=1S/C15H22N2O3.ClH/c1-19-10-13(16)15(18)17-9-11-5-2-3-8-14(11)20-12-6-4-7-12;/h2-3,5,8,12-13H,4,6-7,9-10,16H2,1H3,(H,17,18);1H. The Morgan fingerprint density at radius 2 is 2.14 bits per heavy atom. The molecule has 2 rings (SSSR count). The van der Waals surface area contributed by atoms with Crippen molar-refractivity contribution in [3.63, 3.8) is 0 Å². The van der Waals surface area contributed by atoms with Crippen LogP contribution >= 0.6 is 12.4 Å². The Labute approximate surface area is 131 Å². The Bertz CT molecular complexity index is 452. The van der Waals surface area contributed by atoms with E-state index in [1.165, 1.54) is 13.5 Å². The maximum Gasteiger partial charge on any atom is 0.239 e. The van der Waals surface area contributed by atoms with Crippen molar-refractivity contribution in [3.8, 4) is 5.75 Å². The molecule has 0 spiro atoms. The molecule has 1 aliphatic rings. The van der Waals surface area contributed by atoms with E-state index in [0.717, 1.165) is 24.2 Å². The van der Waals surface area contributed by atoms with Crippen molar-refractivity contribution >= 4 is 18.3 Å². The first-order chi connectivity index (χ1) is 9.70. The molecule has 0 heterocycles. The zero-order valence-electron chi connectivity index (χ0n) is 12.2. The van der Waals surface area contributed by atoms with Gasteiger partial charge in [-0.1, -0.05) is 18.2 Å². The van der Waals surface area contributed by atoms with Gasteiger partial charge in [0.05, 0.1) is 12.7 Å². The van der Waals surface area contributed by atoms with E-state index < -0.39 is 6.04 Å². The van der Waals surface area contributed by atoms with E-state index in [-0.39, 0.29) is 24.9 Å². The molecular formula is C15H23ClN2O3. The van der Waals surface area contributed by atoms with Crippen molar-refractivity contribution in [2.75, 3.05) is 13.7 Å². The van der Waals surface area contributed by atoms with Gasteiger partial charge in [0, 0.05) is 19.2 Å². The number of halogens is 1. The average Bonchev–Trinajstić information content (AvgIpc) is 2.41. The van der Waals surface area contributed by atoms with Crippen molar-refractivity contribution < 1.29 is 14.3 Å². The Morgan fingerprint density at radius 3 is 2.76 bits per heavy atom. The van der Waals surface area contributed by atoms with Crippen LogP contribution in [0.4, 0.5) is 0 Å². The number of para-hydroxylation sites is 1. The molecule has 1 saturated carbocycles. The van der Waals surface area contributed by atoms with Crippen LogP contribution in [-0.4, -0.2) is 31.8 Å². The van der Waals surface area contributed by atoms with Gasteiger partial charge in [0.15, 0.2) is 0 Å². The second-order valence-corrected chi connectivity index (χ2v) is 5.06. The highest BCUT2D eigenvalue weighted by molar-refractivity contribution is 5.85. The molecule has 1 atom stereocenters. The lowest BCUT2D eigenvalue weighted by Crippen LogP contribution is -2.43. The fraction of sp³-hybridized carbons (Fsp3) is 0.533. The molecule has 1 amide bonds. The lowest BCUT2D eigenvalue weighted by Gasteiger charge is -2.27. The van der Waals surface area contributed by atoms with E-state index in [4.69, 9.17) is 15.2 Å². The summed E-state index contributed by atoms with van der Waals surface area (Å²) in [5.74, 6) is 0.628. The van der Waals surface area contributed by atoms with Crippen LogP contribution in [0.1, 0.15) is 24.8 Å². The van der Waals surface area contributed by atoms with Gasteiger partial charge >= 0.3 is 0 Å². The highest BCUT2D eigenvalue weighted by atomic mass is 35.5. The van der Waals surface area contributed by atoms with Crippen molar-refractivity contribution in [2.24, 2.45) is 5.73 Å². The van der Waals surface area contributed by atoms with Crippen LogP contribution < -0.4 is 15.8 Å². The molecule has 3 N–H and O–H groups in total. The lowest BCUT2D eigenvalue weighted by atomic mass is 9.96. The molecule has 0 aromatic heterocycles. The summed E-state index contributed by atoms with van der Waals surface area (Å²) in [5.41, 5.74) is 6.64. The SMILES string of the molecule is COCC(N)C(=O)NCc1ccccc1OC1CCC1.Cl. The van der Waals surface area contributed by atoms with Gasteiger partial charge in [-0.3, -0.25) is 4.79 Å². The lowest BCUT2D eigenvalue weighted by molar-refractivity contribution is -0.123. The van der Waals surface area contributed by atoms with Crippen molar-refractivity contribution in [1.29, 1.82) is 0 Å². The minimum Gasteiger partial charge on any atom is -0.490 e. The van der Waals surface area contributed by atoms with Crippen molar-refractivity contribution in [3.05, 3.63) is 29.8 Å². The highest BCUT2D eigenvalue weighted by Gasteiger charge is 2.20. The summed E-state index contributed by atoms with van der Waals surface area (Å²) >= 11 is 0. The number of nitrogens with two attached hydrogens (primary N) is 1. The molecule has 0 aliphatic heterocycles. The van der Waals surface area contributed by atoms with Crippen LogP contribution in [0.3, 0.4) is 0 Å². The molecule has 6 heteroatoms. The molecule has 0 bridgehead atoms. The Hall–Kier alpha value is -1.30. The van der Waals surface area contributed by atoms with E-state index in [2.05, 4.69) is 5.32 Å². The number of rotatable bonds is 7. The Balaban J connectivity index is 0.00000220. The molecule has 1 fully saturated rings. The smallest absolute Gasteiger partial charge is 0.239 e. The predicted molar refractivity (Wildman–Crippen MR) is 83.7 cm³/mol. The number of carbonyl (C=O) groups is 1. The average molecular weight is 315 g/mol. The van der Waals surface area contributed by atoms with Crippen LogP contribution in [0, 0.1) is 0 Å². The van der Waals surface area contributed by atoms with Gasteiger partial charge in [-0.2, -0.15) is 0 Å². The van der Waals surface area contributed by atoms with Crippen LogP contribution in [0.5, 0.6) is 5.75 Å². The topological polar surface area (TPSA) is 73.6 Å². The molecule has 1 aromatic rings. The summed E-state index contributed by atoms with van der Waals surface area (Å²) in [4.78, 5) is 11.8. The normalized spacial score (nSPS) is 15.5. The zero-order chi connectivity index (χ0) is 14.4. The van der Waals surface area contributed by atoms with E-state index in [1.807, 2.05) is 24.3 Å². The molecule has 1 aliphatic carbocycles. The summed E-state index contributed by atoms with van der Waals surface area (Å²) in [5, 5.41) is 2.81. The number of benzene rings is 1. The number of ether oxygens (including phenoxy) is 2. The fourth-order valence-corrected chi connectivity index (χ4v) is 2.00. The Kier molecular flexibility index (Phi) is 7.50. The van der Waals surface area contributed by atoms with Gasteiger partial charge in [-0.15, -0.1) is 12.4 Å². The number of hydrogen-bond donors (Lipinski definition) is 2. The number of nitrogens with one attached hydrogen (secondary N) is 1. The molecular weight excluding hydrogens is 292 g/mol. The minimum atomic E-state index is -0.639. The third-order valence-electron chi connectivity index (χ3n) is 3.45. The molecule has 21 heavy (non-hydrogen) atoms. The van der Waals surface area contributed by atoms with E-state index >= 15 is 0 Å². The van der Waals surface area contributed by atoms with E-state index in [0.29, 0.717) is 12.6 Å². The van der Waals surface area contributed by atoms with Gasteiger partial charge < -0.3 is 20.5 Å². The monoisotopic (exact) mass is 314 g/mol. The Morgan fingerprint density at radius 1 is 1.43 bits per heavy atom.